The van der Waals surface area contributed by atoms with Gasteiger partial charge in [-0.3, -0.25) is 10.1 Å². The van der Waals surface area contributed by atoms with Crippen molar-refractivity contribution in [3.8, 4) is 5.75 Å². The molecule has 0 unspecified atom stereocenters. The first-order chi connectivity index (χ1) is 7.54. The highest BCUT2D eigenvalue weighted by Crippen LogP contribution is 2.20. The summed E-state index contributed by atoms with van der Waals surface area (Å²) in [6, 6.07) is 3.60. The lowest BCUT2D eigenvalue weighted by Gasteiger charge is -2.14. The topological polar surface area (TPSA) is 90.3 Å². The molecule has 6 nitrogen and oxygen atoms in total. The van der Waals surface area contributed by atoms with Gasteiger partial charge in [-0.05, 0) is 17.8 Å². The molecule has 0 heterocycles. The van der Waals surface area contributed by atoms with E-state index in [1.807, 2.05) is 0 Å². The Labute approximate surface area is 97.4 Å². The van der Waals surface area contributed by atoms with Crippen LogP contribution in [0.5, 0.6) is 5.75 Å². The number of hydrogen-bond acceptors (Lipinski definition) is 4. The first kappa shape index (κ1) is 12.2. The monoisotopic (exact) mass is 240 g/mol. The molecule has 1 aromatic carbocycles. The van der Waals surface area contributed by atoms with E-state index in [4.69, 9.17) is 12.2 Å². The number of nitro groups is 1. The third-order valence-electron chi connectivity index (χ3n) is 1.92. The fourth-order valence-corrected chi connectivity index (χ4v) is 1.15. The minimum Gasteiger partial charge on any atom is -0.872 e. The molecule has 0 aliphatic carbocycles. The van der Waals surface area contributed by atoms with E-state index >= 15 is 0 Å². The summed E-state index contributed by atoms with van der Waals surface area (Å²) in [5.41, 5.74) is 0.207. The predicted molar refractivity (Wildman–Crippen MR) is 61.0 cm³/mol. The minimum absolute atomic E-state index is 0.105. The van der Waals surface area contributed by atoms with Crippen LogP contribution in [0, 0.1) is 10.1 Å². The third kappa shape index (κ3) is 3.06. The molecule has 1 rings (SSSR count). The average molecular weight is 240 g/mol. The zero-order valence-corrected chi connectivity index (χ0v) is 9.34. The van der Waals surface area contributed by atoms with Gasteiger partial charge in [-0.1, -0.05) is 6.07 Å². The van der Waals surface area contributed by atoms with E-state index in [9.17, 15) is 15.2 Å². The molecule has 16 heavy (non-hydrogen) atoms. The van der Waals surface area contributed by atoms with Crippen LogP contribution >= 0.6 is 12.2 Å². The van der Waals surface area contributed by atoms with Crippen molar-refractivity contribution in [2.24, 2.45) is 0 Å². The quantitative estimate of drug-likeness (QED) is 0.447. The predicted octanol–water partition coefficient (Wildman–Crippen LogP) is 0.262. The number of nitro benzene ring substituents is 1. The van der Waals surface area contributed by atoms with Gasteiger partial charge in [0.15, 0.2) is 5.11 Å². The Bertz CT molecular complexity index is 422. The fraction of sp³-hybridized carbons (Fsp3) is 0.222. The van der Waals surface area contributed by atoms with E-state index in [1.54, 1.807) is 7.05 Å². The molecule has 0 spiro atoms. The standard InChI is InChI=1S/C9H11N3O3S/c1-10-9(16)11-5-6-4-7(12(14)15)2-3-8(6)13/h2-4,13H,5H2,1H3,(H2,10,11,16)/p-1. The number of benzene rings is 1. The van der Waals surface area contributed by atoms with Crippen LogP contribution < -0.4 is 15.7 Å². The zero-order chi connectivity index (χ0) is 12.1. The molecule has 1 aromatic rings. The summed E-state index contributed by atoms with van der Waals surface area (Å²) < 4.78 is 0. The Morgan fingerprint density at radius 2 is 2.25 bits per heavy atom. The summed E-state index contributed by atoms with van der Waals surface area (Å²) in [6.07, 6.45) is 0. The van der Waals surface area contributed by atoms with Crippen molar-refractivity contribution < 1.29 is 10.0 Å². The van der Waals surface area contributed by atoms with E-state index in [0.29, 0.717) is 10.7 Å². The van der Waals surface area contributed by atoms with Crippen LogP contribution in [0.2, 0.25) is 0 Å². The molecule has 7 heteroatoms. The first-order valence-electron chi connectivity index (χ1n) is 4.44. The van der Waals surface area contributed by atoms with Gasteiger partial charge >= 0.3 is 0 Å². The number of nitrogens with zero attached hydrogens (tertiary/aromatic N) is 1. The second-order valence-electron chi connectivity index (χ2n) is 2.98. The normalized spacial score (nSPS) is 9.56. The molecule has 0 amide bonds. The maximum Gasteiger partial charge on any atom is 0.269 e. The minimum atomic E-state index is -0.542. The molecular weight excluding hydrogens is 230 g/mol. The Balaban J connectivity index is 2.82. The van der Waals surface area contributed by atoms with E-state index < -0.39 is 4.92 Å². The van der Waals surface area contributed by atoms with Crippen molar-refractivity contribution in [1.29, 1.82) is 0 Å². The lowest BCUT2D eigenvalue weighted by Crippen LogP contribution is -2.32. The van der Waals surface area contributed by atoms with Crippen molar-refractivity contribution in [2.75, 3.05) is 7.05 Å². The highest BCUT2D eigenvalue weighted by Gasteiger charge is 2.06. The molecule has 2 N–H and O–H groups in total. The van der Waals surface area contributed by atoms with Crippen molar-refractivity contribution in [2.45, 2.75) is 6.54 Å². The Morgan fingerprint density at radius 1 is 1.56 bits per heavy atom. The second kappa shape index (κ2) is 5.26. The Kier molecular flexibility index (Phi) is 4.01. The lowest BCUT2D eigenvalue weighted by atomic mass is 10.2. The summed E-state index contributed by atoms with van der Waals surface area (Å²) in [5.74, 6) is -0.253. The highest BCUT2D eigenvalue weighted by atomic mass is 32.1. The molecule has 86 valence electrons. The first-order valence-corrected chi connectivity index (χ1v) is 4.85. The van der Waals surface area contributed by atoms with Crippen LogP contribution in [-0.4, -0.2) is 17.1 Å². The number of hydrogen-bond donors (Lipinski definition) is 2. The van der Waals surface area contributed by atoms with Gasteiger partial charge in [-0.15, -0.1) is 5.75 Å². The van der Waals surface area contributed by atoms with E-state index in [0.717, 1.165) is 0 Å². The summed E-state index contributed by atoms with van der Waals surface area (Å²) in [4.78, 5) is 9.96. The molecule has 0 bridgehead atoms. The van der Waals surface area contributed by atoms with Gasteiger partial charge in [0.25, 0.3) is 5.69 Å². The van der Waals surface area contributed by atoms with E-state index in [2.05, 4.69) is 10.6 Å². The summed E-state index contributed by atoms with van der Waals surface area (Å²) in [7, 11) is 1.64. The van der Waals surface area contributed by atoms with Crippen LogP contribution in [0.3, 0.4) is 0 Å². The third-order valence-corrected chi connectivity index (χ3v) is 2.27. The van der Waals surface area contributed by atoms with E-state index in [-0.39, 0.29) is 18.0 Å². The second-order valence-corrected chi connectivity index (χ2v) is 3.39. The average Bonchev–Trinajstić information content (AvgIpc) is 2.27. The summed E-state index contributed by atoms with van der Waals surface area (Å²) >= 11 is 4.82. The van der Waals surface area contributed by atoms with Crippen LogP contribution in [0.25, 0.3) is 0 Å². The molecule has 0 aliphatic rings. The fourth-order valence-electron chi connectivity index (χ4n) is 1.08. The van der Waals surface area contributed by atoms with Crippen molar-refractivity contribution >= 4 is 23.0 Å². The zero-order valence-electron chi connectivity index (χ0n) is 8.52. The molecule has 0 fully saturated rings. The smallest absolute Gasteiger partial charge is 0.269 e. The molecular formula is C9H10N3O3S-. The van der Waals surface area contributed by atoms with Gasteiger partial charge in [0.2, 0.25) is 0 Å². The Hall–Kier alpha value is -1.89. The molecule has 0 saturated carbocycles. The van der Waals surface area contributed by atoms with Gasteiger partial charge in [0.1, 0.15) is 0 Å². The van der Waals surface area contributed by atoms with Crippen LogP contribution in [0.1, 0.15) is 5.56 Å². The lowest BCUT2D eigenvalue weighted by molar-refractivity contribution is -0.385. The number of rotatable bonds is 3. The summed E-state index contributed by atoms with van der Waals surface area (Å²) in [5, 5.41) is 27.7. The molecule has 0 saturated heterocycles. The van der Waals surface area contributed by atoms with Gasteiger partial charge < -0.3 is 15.7 Å². The summed E-state index contributed by atoms with van der Waals surface area (Å²) in [6.45, 7) is 0.167. The molecule has 0 aliphatic heterocycles. The largest absolute Gasteiger partial charge is 0.872 e. The number of nitrogens with one attached hydrogen (secondary N) is 2. The molecule has 0 atom stereocenters. The van der Waals surface area contributed by atoms with E-state index in [1.165, 1.54) is 18.2 Å². The SMILES string of the molecule is CNC(=S)NCc1cc([N+](=O)[O-])ccc1[O-]. The van der Waals surface area contributed by atoms with Gasteiger partial charge in [-0.2, -0.15) is 0 Å². The maximum absolute atomic E-state index is 11.4. The molecule has 0 radical (unpaired) electrons. The van der Waals surface area contributed by atoms with Crippen molar-refractivity contribution in [3.05, 3.63) is 33.9 Å². The number of non-ortho nitro benzene ring substituents is 1. The van der Waals surface area contributed by atoms with Crippen LogP contribution in [-0.2, 0) is 6.54 Å². The van der Waals surface area contributed by atoms with Crippen molar-refractivity contribution in [1.82, 2.24) is 10.6 Å². The maximum atomic E-state index is 11.4. The number of thiocarbonyl (C=S) groups is 1. The van der Waals surface area contributed by atoms with Gasteiger partial charge in [-0.25, -0.2) is 0 Å². The Morgan fingerprint density at radius 3 is 2.81 bits per heavy atom. The van der Waals surface area contributed by atoms with Gasteiger partial charge in [0.05, 0.1) is 4.92 Å². The van der Waals surface area contributed by atoms with Crippen LogP contribution in [0.4, 0.5) is 5.69 Å². The van der Waals surface area contributed by atoms with Crippen LogP contribution in [0.15, 0.2) is 18.2 Å². The highest BCUT2D eigenvalue weighted by molar-refractivity contribution is 7.80. The molecule has 0 aromatic heterocycles. The van der Waals surface area contributed by atoms with Crippen molar-refractivity contribution in [3.63, 3.8) is 0 Å². The van der Waals surface area contributed by atoms with Gasteiger partial charge in [0, 0.05) is 25.7 Å².